The van der Waals surface area contributed by atoms with E-state index in [0.29, 0.717) is 47.0 Å². The van der Waals surface area contributed by atoms with Crippen molar-refractivity contribution in [2.75, 3.05) is 26.4 Å². The van der Waals surface area contributed by atoms with Crippen LogP contribution in [-0.4, -0.2) is 59.3 Å². The van der Waals surface area contributed by atoms with E-state index in [1.54, 1.807) is 36.0 Å². The van der Waals surface area contributed by atoms with Gasteiger partial charge in [-0.3, -0.25) is 4.79 Å². The van der Waals surface area contributed by atoms with Crippen molar-refractivity contribution in [1.82, 2.24) is 20.1 Å². The van der Waals surface area contributed by atoms with Crippen LogP contribution in [0.3, 0.4) is 0 Å². The molecule has 34 heavy (non-hydrogen) atoms. The fraction of sp³-hybridized carbons (Fsp3) is 0.435. The molecule has 1 aliphatic heterocycles. The average Bonchev–Trinajstić information content (AvgIpc) is 3.21. The van der Waals surface area contributed by atoms with Crippen molar-refractivity contribution < 1.29 is 32.2 Å². The van der Waals surface area contributed by atoms with Crippen LogP contribution in [-0.2, 0) is 4.74 Å². The van der Waals surface area contributed by atoms with E-state index in [-0.39, 0.29) is 12.6 Å². The zero-order chi connectivity index (χ0) is 24.5. The lowest BCUT2D eigenvalue weighted by Crippen LogP contribution is -2.37. The van der Waals surface area contributed by atoms with Gasteiger partial charge in [0.1, 0.15) is 19.8 Å². The van der Waals surface area contributed by atoms with Gasteiger partial charge in [-0.05, 0) is 45.0 Å². The molecule has 4 rings (SSSR count). The van der Waals surface area contributed by atoms with Crippen molar-refractivity contribution in [2.45, 2.75) is 39.0 Å². The van der Waals surface area contributed by atoms with E-state index in [4.69, 9.17) is 14.5 Å². The summed E-state index contributed by atoms with van der Waals surface area (Å²) in [7, 11) is 0. The Labute approximate surface area is 194 Å². The number of rotatable bonds is 7. The number of nitrogens with zero attached hydrogens (tertiary/aromatic N) is 3. The molecule has 2 aromatic heterocycles. The number of hydrogen-bond acceptors (Lipinski definition) is 6. The summed E-state index contributed by atoms with van der Waals surface area (Å²) in [6.45, 7) is 4.73. The average molecular weight is 478 g/mol. The molecule has 0 saturated carbocycles. The Kier molecular flexibility index (Phi) is 6.65. The number of halogens is 3. The quantitative estimate of drug-likeness (QED) is 0.549. The second-order valence-electron chi connectivity index (χ2n) is 8.34. The number of benzene rings is 1. The summed E-state index contributed by atoms with van der Waals surface area (Å²) in [6, 6.07) is 6.40. The minimum atomic E-state index is -4.43. The molecule has 0 saturated heterocycles. The summed E-state index contributed by atoms with van der Waals surface area (Å²) < 4.78 is 54.7. The van der Waals surface area contributed by atoms with Gasteiger partial charge in [0.2, 0.25) is 0 Å². The second-order valence-corrected chi connectivity index (χ2v) is 8.34. The molecule has 1 unspecified atom stereocenters. The van der Waals surface area contributed by atoms with Crippen molar-refractivity contribution in [2.24, 2.45) is 0 Å². The van der Waals surface area contributed by atoms with Gasteiger partial charge < -0.3 is 19.5 Å². The molecule has 8 nitrogen and oxygen atoms in total. The molecule has 1 amide bonds. The zero-order valence-electron chi connectivity index (χ0n) is 19.0. The summed E-state index contributed by atoms with van der Waals surface area (Å²) in [5.74, 6) is 0.760. The highest BCUT2D eigenvalue weighted by molar-refractivity contribution is 6.06. The van der Waals surface area contributed by atoms with Crippen LogP contribution in [0.4, 0.5) is 13.2 Å². The minimum absolute atomic E-state index is 0.00822. The zero-order valence-corrected chi connectivity index (χ0v) is 19.0. The van der Waals surface area contributed by atoms with Gasteiger partial charge in [-0.15, -0.1) is 0 Å². The lowest BCUT2D eigenvalue weighted by molar-refractivity contribution is -0.174. The maximum Gasteiger partial charge on any atom is 0.411 e. The van der Waals surface area contributed by atoms with Gasteiger partial charge in [0.15, 0.2) is 17.1 Å². The van der Waals surface area contributed by atoms with Gasteiger partial charge in [-0.25, -0.2) is 9.67 Å². The number of nitrogens with one attached hydrogen (secondary N) is 1. The number of amides is 1. The third-order valence-electron chi connectivity index (χ3n) is 5.15. The van der Waals surface area contributed by atoms with Crippen LogP contribution in [0.5, 0.6) is 11.5 Å². The number of ether oxygens (including phenoxy) is 3. The van der Waals surface area contributed by atoms with Crippen molar-refractivity contribution in [3.63, 3.8) is 0 Å². The van der Waals surface area contributed by atoms with E-state index in [1.807, 2.05) is 19.9 Å². The molecule has 0 spiro atoms. The van der Waals surface area contributed by atoms with Crippen LogP contribution >= 0.6 is 0 Å². The highest BCUT2D eigenvalue weighted by Gasteiger charge is 2.28. The molecule has 11 heteroatoms. The number of pyridine rings is 1. The highest BCUT2D eigenvalue weighted by atomic mass is 19.4. The topological polar surface area (TPSA) is 87.5 Å². The van der Waals surface area contributed by atoms with E-state index in [1.165, 1.54) is 0 Å². The Morgan fingerprint density at radius 3 is 2.62 bits per heavy atom. The predicted molar refractivity (Wildman–Crippen MR) is 118 cm³/mol. The SMILES string of the molecule is CC(COCC(F)(F)F)NC(=O)c1cc(-c2ccc3c(c2)OCCO3)nc2c1cnn2C(C)C. The van der Waals surface area contributed by atoms with Crippen molar-refractivity contribution >= 4 is 16.9 Å². The number of hydrogen-bond donors (Lipinski definition) is 1. The van der Waals surface area contributed by atoms with Crippen LogP contribution in [0.1, 0.15) is 37.2 Å². The molecule has 3 heterocycles. The summed E-state index contributed by atoms with van der Waals surface area (Å²) >= 11 is 0. The maximum atomic E-state index is 13.1. The number of carbonyl (C=O) groups excluding carboxylic acids is 1. The molecule has 0 aliphatic carbocycles. The van der Waals surface area contributed by atoms with Crippen LogP contribution < -0.4 is 14.8 Å². The highest BCUT2D eigenvalue weighted by Crippen LogP contribution is 2.35. The molecule has 1 aromatic carbocycles. The van der Waals surface area contributed by atoms with Gasteiger partial charge in [-0.2, -0.15) is 18.3 Å². The van der Waals surface area contributed by atoms with Crippen LogP contribution in [0, 0.1) is 0 Å². The summed E-state index contributed by atoms with van der Waals surface area (Å²) in [5, 5.41) is 7.62. The van der Waals surface area contributed by atoms with Gasteiger partial charge in [-0.1, -0.05) is 0 Å². The standard InChI is InChI=1S/C23H25F3N4O4/c1-13(2)30-21-17(10-27-30)16(22(31)28-14(3)11-32-12-23(24,25)26)9-18(29-21)15-4-5-19-20(8-15)34-7-6-33-19/h4-5,8-10,13-14H,6-7,11-12H2,1-3H3,(H,28,31). The number of aromatic nitrogens is 3. The Bertz CT molecular complexity index is 1190. The van der Waals surface area contributed by atoms with Gasteiger partial charge in [0.25, 0.3) is 5.91 Å². The first-order valence-electron chi connectivity index (χ1n) is 10.9. The molecule has 0 radical (unpaired) electrons. The van der Waals surface area contributed by atoms with Gasteiger partial charge in [0.05, 0.1) is 29.4 Å². The number of carbonyl (C=O) groups is 1. The Hall–Kier alpha value is -3.34. The first-order chi connectivity index (χ1) is 16.1. The molecule has 1 N–H and O–H groups in total. The minimum Gasteiger partial charge on any atom is -0.486 e. The van der Waals surface area contributed by atoms with Gasteiger partial charge in [0, 0.05) is 17.6 Å². The number of fused-ring (bicyclic) bond motifs is 2. The lowest BCUT2D eigenvalue weighted by atomic mass is 10.1. The first-order valence-corrected chi connectivity index (χ1v) is 10.9. The summed E-state index contributed by atoms with van der Waals surface area (Å²) in [6.07, 6.45) is -2.86. The van der Waals surface area contributed by atoms with E-state index >= 15 is 0 Å². The first kappa shape index (κ1) is 23.8. The molecule has 1 aliphatic rings. The van der Waals surface area contributed by atoms with Gasteiger partial charge >= 0.3 is 6.18 Å². The molecule has 0 bridgehead atoms. The summed E-state index contributed by atoms with van der Waals surface area (Å²) in [5.41, 5.74) is 2.08. The summed E-state index contributed by atoms with van der Waals surface area (Å²) in [4.78, 5) is 17.9. The molecular formula is C23H25F3N4O4. The van der Waals surface area contributed by atoms with E-state index < -0.39 is 24.7 Å². The molecule has 3 aromatic rings. The molecule has 182 valence electrons. The van der Waals surface area contributed by atoms with Crippen molar-refractivity contribution in [3.05, 3.63) is 36.0 Å². The monoisotopic (exact) mass is 478 g/mol. The third kappa shape index (κ3) is 5.24. The normalized spacial score (nSPS) is 14.4. The van der Waals surface area contributed by atoms with E-state index in [0.717, 1.165) is 5.56 Å². The van der Waals surface area contributed by atoms with E-state index in [9.17, 15) is 18.0 Å². The van der Waals surface area contributed by atoms with E-state index in [2.05, 4.69) is 15.2 Å². The largest absolute Gasteiger partial charge is 0.486 e. The Morgan fingerprint density at radius 1 is 1.18 bits per heavy atom. The fourth-order valence-electron chi connectivity index (χ4n) is 3.63. The fourth-order valence-corrected chi connectivity index (χ4v) is 3.63. The Balaban J connectivity index is 1.66. The molecular weight excluding hydrogens is 453 g/mol. The predicted octanol–water partition coefficient (Wildman–Crippen LogP) is 4.15. The van der Waals surface area contributed by atoms with Crippen LogP contribution in [0.2, 0.25) is 0 Å². The smallest absolute Gasteiger partial charge is 0.411 e. The molecule has 1 atom stereocenters. The Morgan fingerprint density at radius 2 is 1.91 bits per heavy atom. The number of alkyl halides is 3. The second kappa shape index (κ2) is 9.49. The lowest BCUT2D eigenvalue weighted by Gasteiger charge is -2.19. The third-order valence-corrected chi connectivity index (χ3v) is 5.15. The molecule has 0 fully saturated rings. The van der Waals surface area contributed by atoms with Crippen LogP contribution in [0.25, 0.3) is 22.3 Å². The maximum absolute atomic E-state index is 13.1. The van der Waals surface area contributed by atoms with Crippen LogP contribution in [0.15, 0.2) is 30.5 Å². The van der Waals surface area contributed by atoms with Crippen molar-refractivity contribution in [3.8, 4) is 22.8 Å². The van der Waals surface area contributed by atoms with Crippen molar-refractivity contribution in [1.29, 1.82) is 0 Å².